The molecule has 0 bridgehead atoms. The molecule has 21 heavy (non-hydrogen) atoms. The lowest BCUT2D eigenvalue weighted by Gasteiger charge is -2.12. The second-order valence-corrected chi connectivity index (χ2v) is 6.20. The van der Waals surface area contributed by atoms with Gasteiger partial charge in [0.25, 0.3) is 0 Å². The first-order valence-corrected chi connectivity index (χ1v) is 8.24. The second-order valence-electron chi connectivity index (χ2n) is 5.11. The number of aryl methyl sites for hydroxylation is 1. The molecule has 2 aromatic heterocycles. The maximum Gasteiger partial charge on any atom is 0.313 e. The quantitative estimate of drug-likeness (QED) is 0.860. The Labute approximate surface area is 127 Å². The van der Waals surface area contributed by atoms with Crippen LogP contribution in [0.1, 0.15) is 43.0 Å². The molecule has 5 nitrogen and oxygen atoms in total. The van der Waals surface area contributed by atoms with Crippen LogP contribution in [0.25, 0.3) is 10.2 Å². The van der Waals surface area contributed by atoms with Gasteiger partial charge in [0.1, 0.15) is 17.0 Å². The van der Waals surface area contributed by atoms with Gasteiger partial charge in [-0.05, 0) is 31.7 Å². The van der Waals surface area contributed by atoms with Crippen molar-refractivity contribution in [2.24, 2.45) is 0 Å². The highest BCUT2D eigenvalue weighted by atomic mass is 32.1. The van der Waals surface area contributed by atoms with E-state index in [4.69, 9.17) is 4.74 Å². The van der Waals surface area contributed by atoms with Crippen molar-refractivity contribution in [1.29, 1.82) is 0 Å². The molecule has 1 N–H and O–H groups in total. The molecule has 1 atom stereocenters. The van der Waals surface area contributed by atoms with Crippen LogP contribution in [0.4, 0.5) is 5.82 Å². The normalized spacial score (nSPS) is 17.0. The van der Waals surface area contributed by atoms with E-state index in [9.17, 15) is 4.79 Å². The van der Waals surface area contributed by atoms with Crippen LogP contribution in [-0.2, 0) is 16.0 Å². The molecule has 0 spiro atoms. The standard InChI is InChI=1S/C15H19N3O2S/c1-3-7-16-13-12-11-9(15(19)20-4-2)5-6-10(11)21-14(12)18-8-17-13/h8-9H,3-7H2,1-2H3,(H,16,17,18). The highest BCUT2D eigenvalue weighted by molar-refractivity contribution is 7.19. The van der Waals surface area contributed by atoms with Gasteiger partial charge in [0.05, 0.1) is 17.9 Å². The Morgan fingerprint density at radius 2 is 2.33 bits per heavy atom. The van der Waals surface area contributed by atoms with Crippen LogP contribution in [0.2, 0.25) is 0 Å². The predicted molar refractivity (Wildman–Crippen MR) is 83.9 cm³/mol. The van der Waals surface area contributed by atoms with Crippen LogP contribution in [0.3, 0.4) is 0 Å². The molecule has 0 amide bonds. The maximum absolute atomic E-state index is 12.2. The van der Waals surface area contributed by atoms with Crippen LogP contribution in [-0.4, -0.2) is 29.1 Å². The first-order chi connectivity index (χ1) is 10.3. The molecule has 0 saturated heterocycles. The molecular weight excluding hydrogens is 286 g/mol. The Hall–Kier alpha value is -1.69. The van der Waals surface area contributed by atoms with E-state index >= 15 is 0 Å². The zero-order valence-electron chi connectivity index (χ0n) is 12.3. The van der Waals surface area contributed by atoms with Gasteiger partial charge in [-0.2, -0.15) is 0 Å². The highest BCUT2D eigenvalue weighted by Crippen LogP contribution is 2.45. The van der Waals surface area contributed by atoms with Crippen molar-refractivity contribution in [3.05, 3.63) is 16.8 Å². The fourth-order valence-corrected chi connectivity index (χ4v) is 4.05. The van der Waals surface area contributed by atoms with Crippen molar-refractivity contribution in [1.82, 2.24) is 9.97 Å². The molecule has 2 aromatic rings. The molecule has 1 unspecified atom stereocenters. The summed E-state index contributed by atoms with van der Waals surface area (Å²) in [6.45, 7) is 5.24. The van der Waals surface area contributed by atoms with Crippen LogP contribution in [0.15, 0.2) is 6.33 Å². The molecule has 0 radical (unpaired) electrons. The summed E-state index contributed by atoms with van der Waals surface area (Å²) in [5.74, 6) is 0.554. The summed E-state index contributed by atoms with van der Waals surface area (Å²) in [6.07, 6.45) is 4.37. The van der Waals surface area contributed by atoms with Gasteiger partial charge in [-0.1, -0.05) is 6.92 Å². The molecule has 1 aliphatic carbocycles. The lowest BCUT2D eigenvalue weighted by molar-refractivity contribution is -0.144. The minimum absolute atomic E-state index is 0.124. The van der Waals surface area contributed by atoms with Crippen molar-refractivity contribution in [2.45, 2.75) is 39.0 Å². The number of fused-ring (bicyclic) bond motifs is 3. The van der Waals surface area contributed by atoms with Gasteiger partial charge in [0.15, 0.2) is 0 Å². The maximum atomic E-state index is 12.2. The fourth-order valence-electron chi connectivity index (χ4n) is 2.83. The third-order valence-corrected chi connectivity index (χ3v) is 4.90. The summed E-state index contributed by atoms with van der Waals surface area (Å²) in [6, 6.07) is 0. The number of nitrogens with one attached hydrogen (secondary N) is 1. The number of thiophene rings is 1. The van der Waals surface area contributed by atoms with E-state index in [1.165, 1.54) is 4.88 Å². The van der Waals surface area contributed by atoms with E-state index in [0.29, 0.717) is 6.61 Å². The van der Waals surface area contributed by atoms with Crippen molar-refractivity contribution in [3.63, 3.8) is 0 Å². The molecule has 0 aliphatic heterocycles. The van der Waals surface area contributed by atoms with Crippen LogP contribution in [0, 0.1) is 0 Å². The predicted octanol–water partition coefficient (Wildman–Crippen LogP) is 3.11. The van der Waals surface area contributed by atoms with Crippen molar-refractivity contribution in [2.75, 3.05) is 18.5 Å². The van der Waals surface area contributed by atoms with Crippen LogP contribution < -0.4 is 5.32 Å². The first-order valence-electron chi connectivity index (χ1n) is 7.43. The number of aromatic nitrogens is 2. The summed E-state index contributed by atoms with van der Waals surface area (Å²) < 4.78 is 5.23. The van der Waals surface area contributed by atoms with Gasteiger partial charge < -0.3 is 10.1 Å². The Kier molecular flexibility index (Phi) is 4.05. The van der Waals surface area contributed by atoms with Gasteiger partial charge in [-0.25, -0.2) is 9.97 Å². The summed E-state index contributed by atoms with van der Waals surface area (Å²) >= 11 is 1.67. The number of nitrogens with zero attached hydrogens (tertiary/aromatic N) is 2. The summed E-state index contributed by atoms with van der Waals surface area (Å²) in [7, 11) is 0. The third-order valence-electron chi connectivity index (χ3n) is 3.72. The minimum atomic E-state index is -0.165. The van der Waals surface area contributed by atoms with Crippen molar-refractivity contribution in [3.8, 4) is 0 Å². The average Bonchev–Trinajstić information content (AvgIpc) is 3.03. The van der Waals surface area contributed by atoms with E-state index in [-0.39, 0.29) is 11.9 Å². The minimum Gasteiger partial charge on any atom is -0.466 e. The monoisotopic (exact) mass is 305 g/mol. The molecular formula is C15H19N3O2S. The van der Waals surface area contributed by atoms with Gasteiger partial charge in [-0.15, -0.1) is 11.3 Å². The molecule has 6 heteroatoms. The van der Waals surface area contributed by atoms with E-state index in [0.717, 1.165) is 47.4 Å². The topological polar surface area (TPSA) is 64.1 Å². The molecule has 1 aliphatic rings. The Morgan fingerprint density at radius 3 is 3.10 bits per heavy atom. The van der Waals surface area contributed by atoms with E-state index in [1.54, 1.807) is 17.7 Å². The first kappa shape index (κ1) is 14.3. The smallest absolute Gasteiger partial charge is 0.313 e. The van der Waals surface area contributed by atoms with Crippen molar-refractivity contribution >= 4 is 33.3 Å². The SMILES string of the molecule is CCCNc1ncnc2sc3c(c12)C(C(=O)OCC)CC3. The van der Waals surface area contributed by atoms with Gasteiger partial charge in [0.2, 0.25) is 0 Å². The zero-order chi connectivity index (χ0) is 14.8. The zero-order valence-corrected chi connectivity index (χ0v) is 13.1. The molecule has 3 rings (SSSR count). The Bertz CT molecular complexity index is 668. The fraction of sp³-hybridized carbons (Fsp3) is 0.533. The number of hydrogen-bond donors (Lipinski definition) is 1. The number of ether oxygens (including phenoxy) is 1. The van der Waals surface area contributed by atoms with E-state index in [1.807, 2.05) is 6.92 Å². The molecule has 0 aromatic carbocycles. The van der Waals surface area contributed by atoms with E-state index in [2.05, 4.69) is 22.2 Å². The van der Waals surface area contributed by atoms with Crippen LogP contribution >= 0.6 is 11.3 Å². The number of rotatable bonds is 5. The average molecular weight is 305 g/mol. The lowest BCUT2D eigenvalue weighted by Crippen LogP contribution is -2.14. The Morgan fingerprint density at radius 1 is 1.48 bits per heavy atom. The molecule has 0 fully saturated rings. The second kappa shape index (κ2) is 5.97. The summed E-state index contributed by atoms with van der Waals surface area (Å²) in [5.41, 5.74) is 1.09. The molecule has 112 valence electrons. The van der Waals surface area contributed by atoms with E-state index < -0.39 is 0 Å². The summed E-state index contributed by atoms with van der Waals surface area (Å²) in [5, 5.41) is 4.36. The Balaban J connectivity index is 2.06. The molecule has 2 heterocycles. The number of anilines is 1. The van der Waals surface area contributed by atoms with Crippen molar-refractivity contribution < 1.29 is 9.53 Å². The lowest BCUT2D eigenvalue weighted by atomic mass is 10.0. The van der Waals surface area contributed by atoms with Gasteiger partial charge >= 0.3 is 5.97 Å². The van der Waals surface area contributed by atoms with Crippen LogP contribution in [0.5, 0.6) is 0 Å². The summed E-state index contributed by atoms with van der Waals surface area (Å²) in [4.78, 5) is 23.1. The third kappa shape index (κ3) is 2.48. The van der Waals surface area contributed by atoms with Gasteiger partial charge in [-0.3, -0.25) is 4.79 Å². The highest BCUT2D eigenvalue weighted by Gasteiger charge is 2.34. The number of carbonyl (C=O) groups is 1. The number of carbonyl (C=O) groups excluding carboxylic acids is 1. The van der Waals surface area contributed by atoms with Gasteiger partial charge in [0, 0.05) is 11.4 Å². The number of esters is 1. The largest absolute Gasteiger partial charge is 0.466 e. The molecule has 0 saturated carbocycles. The number of hydrogen-bond acceptors (Lipinski definition) is 6.